The molecule has 0 amide bonds. The molecule has 1 fully saturated rings. The Balaban J connectivity index is 2.41. The van der Waals surface area contributed by atoms with Crippen LogP contribution in [0.4, 0.5) is 0 Å². The van der Waals surface area contributed by atoms with E-state index in [1.807, 2.05) is 0 Å². The molecule has 1 rings (SSSR count). The van der Waals surface area contributed by atoms with Crippen LogP contribution in [0.1, 0.15) is 59.8 Å². The largest absolute Gasteiger partial charge is 0.464 e. The minimum atomic E-state index is -0.727. The molecule has 0 radical (unpaired) electrons. The molecule has 2 unspecified atom stereocenters. The summed E-state index contributed by atoms with van der Waals surface area (Å²) in [6.07, 6.45) is 4.62. The van der Waals surface area contributed by atoms with Gasteiger partial charge in [-0.15, -0.1) is 0 Å². The topological polar surface area (TPSA) is 52.3 Å². The minimum Gasteiger partial charge on any atom is -0.464 e. The molecule has 1 saturated carbocycles. The third kappa shape index (κ3) is 4.66. The van der Waals surface area contributed by atoms with E-state index in [4.69, 9.17) is 10.5 Å². The first kappa shape index (κ1) is 14.5. The summed E-state index contributed by atoms with van der Waals surface area (Å²) in [5.41, 5.74) is 5.64. The van der Waals surface area contributed by atoms with Gasteiger partial charge >= 0.3 is 5.97 Å². The monoisotopic (exact) mass is 241 g/mol. The summed E-state index contributed by atoms with van der Waals surface area (Å²) < 4.78 is 5.34. The molecular formula is C14H27NO2. The smallest absolute Gasteiger partial charge is 0.326 e. The molecule has 0 aromatic rings. The van der Waals surface area contributed by atoms with E-state index in [1.165, 1.54) is 6.42 Å². The molecule has 2 N–H and O–H groups in total. The Hall–Kier alpha value is -0.570. The van der Waals surface area contributed by atoms with Gasteiger partial charge in [0.15, 0.2) is 0 Å². The van der Waals surface area contributed by atoms with E-state index >= 15 is 0 Å². The van der Waals surface area contributed by atoms with Crippen molar-refractivity contribution in [2.45, 2.75) is 65.3 Å². The Bertz CT molecular complexity index is 270. The SMILES string of the molecule is CC1CCCC(N)(C(=O)OCCC(C)(C)C)C1. The number of ether oxygens (including phenoxy) is 1. The first-order chi connectivity index (χ1) is 7.73. The first-order valence-corrected chi connectivity index (χ1v) is 6.69. The fourth-order valence-electron chi connectivity index (χ4n) is 2.37. The zero-order valence-corrected chi connectivity index (χ0v) is 11.7. The third-order valence-corrected chi connectivity index (χ3v) is 3.52. The Morgan fingerprint density at radius 1 is 1.47 bits per heavy atom. The molecule has 0 aromatic heterocycles. The van der Waals surface area contributed by atoms with Gasteiger partial charge in [0.2, 0.25) is 0 Å². The van der Waals surface area contributed by atoms with Crippen LogP contribution in [-0.2, 0) is 9.53 Å². The van der Waals surface area contributed by atoms with Gasteiger partial charge in [-0.25, -0.2) is 0 Å². The van der Waals surface area contributed by atoms with Gasteiger partial charge in [0.05, 0.1) is 6.61 Å². The zero-order chi connectivity index (χ0) is 13.1. The van der Waals surface area contributed by atoms with Crippen LogP contribution in [0.3, 0.4) is 0 Å². The maximum atomic E-state index is 12.0. The quantitative estimate of drug-likeness (QED) is 0.773. The van der Waals surface area contributed by atoms with Crippen LogP contribution in [0.25, 0.3) is 0 Å². The molecule has 0 heterocycles. The van der Waals surface area contributed by atoms with Crippen LogP contribution in [0.15, 0.2) is 0 Å². The summed E-state index contributed by atoms with van der Waals surface area (Å²) in [4.78, 5) is 12.0. The predicted molar refractivity (Wildman–Crippen MR) is 69.6 cm³/mol. The third-order valence-electron chi connectivity index (χ3n) is 3.52. The average molecular weight is 241 g/mol. The standard InChI is InChI=1S/C14H27NO2/c1-11-6-5-7-14(15,10-11)12(16)17-9-8-13(2,3)4/h11H,5-10,15H2,1-4H3. The molecule has 17 heavy (non-hydrogen) atoms. The van der Waals surface area contributed by atoms with Crippen molar-refractivity contribution in [3.63, 3.8) is 0 Å². The van der Waals surface area contributed by atoms with Crippen molar-refractivity contribution in [3.8, 4) is 0 Å². The lowest BCUT2D eigenvalue weighted by atomic mass is 9.77. The second-order valence-electron chi connectivity index (χ2n) is 6.80. The molecule has 0 aromatic carbocycles. The van der Waals surface area contributed by atoms with Crippen molar-refractivity contribution in [1.29, 1.82) is 0 Å². The summed E-state index contributed by atoms with van der Waals surface area (Å²) in [6, 6.07) is 0. The summed E-state index contributed by atoms with van der Waals surface area (Å²) >= 11 is 0. The number of esters is 1. The highest BCUT2D eigenvalue weighted by molar-refractivity contribution is 5.80. The molecule has 3 heteroatoms. The van der Waals surface area contributed by atoms with E-state index in [0.717, 1.165) is 25.7 Å². The molecule has 1 aliphatic carbocycles. The maximum Gasteiger partial charge on any atom is 0.326 e. The molecule has 0 aliphatic heterocycles. The van der Waals surface area contributed by atoms with Crippen molar-refractivity contribution < 1.29 is 9.53 Å². The van der Waals surface area contributed by atoms with Crippen LogP contribution >= 0.6 is 0 Å². The number of nitrogens with two attached hydrogens (primary N) is 1. The van der Waals surface area contributed by atoms with Gasteiger partial charge in [0.1, 0.15) is 5.54 Å². The minimum absolute atomic E-state index is 0.196. The highest BCUT2D eigenvalue weighted by Gasteiger charge is 2.39. The number of rotatable bonds is 3. The van der Waals surface area contributed by atoms with Gasteiger partial charge < -0.3 is 10.5 Å². The van der Waals surface area contributed by atoms with Gasteiger partial charge in [-0.05, 0) is 30.6 Å². The summed E-state index contributed by atoms with van der Waals surface area (Å²) in [5, 5.41) is 0. The predicted octanol–water partition coefficient (Wildman–Crippen LogP) is 2.87. The Morgan fingerprint density at radius 3 is 2.65 bits per heavy atom. The summed E-state index contributed by atoms with van der Waals surface area (Å²) in [6.45, 7) is 9.06. The summed E-state index contributed by atoms with van der Waals surface area (Å²) in [7, 11) is 0. The van der Waals surface area contributed by atoms with E-state index in [-0.39, 0.29) is 11.4 Å². The van der Waals surface area contributed by atoms with Gasteiger partial charge in [0.25, 0.3) is 0 Å². The highest BCUT2D eigenvalue weighted by Crippen LogP contribution is 2.31. The van der Waals surface area contributed by atoms with Crippen LogP contribution in [0.2, 0.25) is 0 Å². The van der Waals surface area contributed by atoms with Crippen molar-refractivity contribution >= 4 is 5.97 Å². The fourth-order valence-corrected chi connectivity index (χ4v) is 2.37. The number of carbonyl (C=O) groups excluding carboxylic acids is 1. The molecule has 0 saturated heterocycles. The van der Waals surface area contributed by atoms with Crippen LogP contribution in [0, 0.1) is 11.3 Å². The molecular weight excluding hydrogens is 214 g/mol. The van der Waals surface area contributed by atoms with Crippen molar-refractivity contribution in [1.82, 2.24) is 0 Å². The second-order valence-corrected chi connectivity index (χ2v) is 6.80. The van der Waals surface area contributed by atoms with Gasteiger partial charge in [-0.1, -0.05) is 40.5 Å². The van der Waals surface area contributed by atoms with E-state index in [0.29, 0.717) is 12.5 Å². The Labute approximate surface area is 105 Å². The van der Waals surface area contributed by atoms with E-state index in [2.05, 4.69) is 27.7 Å². The normalized spacial score (nSPS) is 30.1. The van der Waals surface area contributed by atoms with Crippen LogP contribution in [-0.4, -0.2) is 18.1 Å². The van der Waals surface area contributed by atoms with Crippen molar-refractivity contribution in [2.75, 3.05) is 6.61 Å². The van der Waals surface area contributed by atoms with E-state index in [1.54, 1.807) is 0 Å². The number of carbonyl (C=O) groups is 1. The van der Waals surface area contributed by atoms with Crippen LogP contribution in [0.5, 0.6) is 0 Å². The number of hydrogen-bond donors (Lipinski definition) is 1. The molecule has 3 nitrogen and oxygen atoms in total. The first-order valence-electron chi connectivity index (χ1n) is 6.69. The lowest BCUT2D eigenvalue weighted by molar-refractivity contribution is -0.152. The maximum absolute atomic E-state index is 12.0. The van der Waals surface area contributed by atoms with E-state index in [9.17, 15) is 4.79 Å². The highest BCUT2D eigenvalue weighted by atomic mass is 16.5. The molecule has 0 bridgehead atoms. The Kier molecular flexibility index (Phi) is 4.59. The molecule has 100 valence electrons. The van der Waals surface area contributed by atoms with Crippen molar-refractivity contribution in [2.24, 2.45) is 17.1 Å². The summed E-state index contributed by atoms with van der Waals surface area (Å²) in [5.74, 6) is 0.331. The van der Waals surface area contributed by atoms with Crippen molar-refractivity contribution in [3.05, 3.63) is 0 Å². The number of hydrogen-bond acceptors (Lipinski definition) is 3. The van der Waals surface area contributed by atoms with E-state index < -0.39 is 5.54 Å². The average Bonchev–Trinajstić information content (AvgIpc) is 2.15. The fraction of sp³-hybridized carbons (Fsp3) is 0.929. The van der Waals surface area contributed by atoms with Crippen LogP contribution < -0.4 is 5.73 Å². The van der Waals surface area contributed by atoms with Gasteiger partial charge in [0, 0.05) is 0 Å². The lowest BCUT2D eigenvalue weighted by Crippen LogP contribution is -2.52. The molecule has 2 atom stereocenters. The second kappa shape index (κ2) is 5.38. The molecule has 1 aliphatic rings. The van der Waals surface area contributed by atoms with Gasteiger partial charge in [-0.3, -0.25) is 4.79 Å². The Morgan fingerprint density at radius 2 is 2.12 bits per heavy atom. The zero-order valence-electron chi connectivity index (χ0n) is 11.7. The lowest BCUT2D eigenvalue weighted by Gasteiger charge is -2.34. The van der Waals surface area contributed by atoms with Gasteiger partial charge in [-0.2, -0.15) is 0 Å². The molecule has 0 spiro atoms.